The molecule has 0 amide bonds. The van der Waals surface area contributed by atoms with E-state index in [0.29, 0.717) is 18.6 Å². The van der Waals surface area contributed by atoms with Crippen molar-refractivity contribution in [3.05, 3.63) is 34.9 Å². The van der Waals surface area contributed by atoms with Crippen LogP contribution in [0.2, 0.25) is 0 Å². The predicted molar refractivity (Wildman–Crippen MR) is 55.7 cm³/mol. The van der Waals surface area contributed by atoms with Gasteiger partial charge in [-0.25, -0.2) is 4.79 Å². The van der Waals surface area contributed by atoms with Crippen LogP contribution in [0.25, 0.3) is 0 Å². The second kappa shape index (κ2) is 4.03. The minimum Gasteiger partial charge on any atom is -0.462 e. The lowest BCUT2D eigenvalue weighted by molar-refractivity contribution is 0.0519. The first-order valence-electron chi connectivity index (χ1n) is 5.21. The zero-order chi connectivity index (χ0) is 10.8. The number of fused-ring (bicyclic) bond motifs is 1. The topological polar surface area (TPSA) is 46.5 Å². The molecule has 0 fully saturated rings. The van der Waals surface area contributed by atoms with Crippen LogP contribution in [-0.4, -0.2) is 17.7 Å². The van der Waals surface area contributed by atoms with Crippen molar-refractivity contribution in [1.29, 1.82) is 0 Å². The van der Waals surface area contributed by atoms with Crippen LogP contribution in [0, 0.1) is 0 Å². The van der Waals surface area contributed by atoms with E-state index in [0.717, 1.165) is 17.5 Å². The van der Waals surface area contributed by atoms with Crippen LogP contribution in [0.5, 0.6) is 0 Å². The molecule has 1 unspecified atom stereocenters. The summed E-state index contributed by atoms with van der Waals surface area (Å²) in [6.45, 7) is 2.14. The van der Waals surface area contributed by atoms with E-state index in [4.69, 9.17) is 4.74 Å². The van der Waals surface area contributed by atoms with Crippen molar-refractivity contribution in [2.24, 2.45) is 0 Å². The Morgan fingerprint density at radius 1 is 1.60 bits per heavy atom. The zero-order valence-corrected chi connectivity index (χ0v) is 8.69. The monoisotopic (exact) mass is 206 g/mol. The smallest absolute Gasteiger partial charge is 0.338 e. The SMILES string of the molecule is CCOC(=O)c1cccc2c1C(O)CC2. The molecule has 1 aliphatic rings. The number of benzene rings is 1. The standard InChI is InChI=1S/C12H14O3/c1-2-15-12(14)9-5-3-4-8-6-7-10(13)11(8)9/h3-5,10,13H,2,6-7H2,1H3. The lowest BCUT2D eigenvalue weighted by atomic mass is 10.0. The van der Waals surface area contributed by atoms with Crippen molar-refractivity contribution in [2.45, 2.75) is 25.9 Å². The number of carbonyl (C=O) groups is 1. The average Bonchev–Trinajstić information content (AvgIpc) is 2.61. The van der Waals surface area contributed by atoms with Crippen LogP contribution in [0.3, 0.4) is 0 Å². The van der Waals surface area contributed by atoms with Gasteiger partial charge in [0.1, 0.15) is 0 Å². The number of esters is 1. The molecule has 0 aromatic heterocycles. The molecule has 15 heavy (non-hydrogen) atoms. The van der Waals surface area contributed by atoms with Gasteiger partial charge in [0.15, 0.2) is 0 Å². The van der Waals surface area contributed by atoms with Gasteiger partial charge in [-0.2, -0.15) is 0 Å². The van der Waals surface area contributed by atoms with Gasteiger partial charge < -0.3 is 9.84 Å². The fourth-order valence-corrected chi connectivity index (χ4v) is 2.05. The molecule has 0 radical (unpaired) electrons. The molecule has 0 heterocycles. The third-order valence-electron chi connectivity index (χ3n) is 2.71. The molecule has 1 aromatic carbocycles. The highest BCUT2D eigenvalue weighted by Gasteiger charge is 2.26. The van der Waals surface area contributed by atoms with Gasteiger partial charge in [0.2, 0.25) is 0 Å². The van der Waals surface area contributed by atoms with Gasteiger partial charge in [-0.3, -0.25) is 0 Å². The number of aliphatic hydroxyl groups is 1. The first-order chi connectivity index (χ1) is 7.24. The maximum absolute atomic E-state index is 11.6. The Kier molecular flexibility index (Phi) is 2.73. The first kappa shape index (κ1) is 10.2. The minimum absolute atomic E-state index is 0.338. The molecule has 0 bridgehead atoms. The van der Waals surface area contributed by atoms with Gasteiger partial charge in [0, 0.05) is 0 Å². The molecule has 0 spiro atoms. The molecule has 0 saturated carbocycles. The van der Waals surface area contributed by atoms with E-state index in [1.807, 2.05) is 12.1 Å². The molecular weight excluding hydrogens is 192 g/mol. The molecule has 0 saturated heterocycles. The summed E-state index contributed by atoms with van der Waals surface area (Å²) in [5.41, 5.74) is 2.34. The minimum atomic E-state index is -0.513. The number of carbonyl (C=O) groups excluding carboxylic acids is 1. The first-order valence-corrected chi connectivity index (χ1v) is 5.21. The highest BCUT2D eigenvalue weighted by molar-refractivity contribution is 5.91. The summed E-state index contributed by atoms with van der Waals surface area (Å²) in [5, 5.41) is 9.77. The average molecular weight is 206 g/mol. The molecule has 1 aliphatic carbocycles. The van der Waals surface area contributed by atoms with E-state index in [9.17, 15) is 9.90 Å². The van der Waals surface area contributed by atoms with E-state index < -0.39 is 6.10 Å². The summed E-state index contributed by atoms with van der Waals surface area (Å²) in [7, 11) is 0. The largest absolute Gasteiger partial charge is 0.462 e. The Morgan fingerprint density at radius 2 is 2.40 bits per heavy atom. The van der Waals surface area contributed by atoms with Crippen molar-refractivity contribution >= 4 is 5.97 Å². The van der Waals surface area contributed by atoms with Crippen LogP contribution in [-0.2, 0) is 11.2 Å². The summed E-state index contributed by atoms with van der Waals surface area (Å²) in [6.07, 6.45) is 1.02. The Bertz CT molecular complexity index is 384. The highest BCUT2D eigenvalue weighted by Crippen LogP contribution is 2.33. The van der Waals surface area contributed by atoms with E-state index in [1.165, 1.54) is 0 Å². The lowest BCUT2D eigenvalue weighted by Gasteiger charge is -2.10. The Morgan fingerprint density at radius 3 is 3.13 bits per heavy atom. The normalized spacial score (nSPS) is 18.7. The molecule has 1 atom stereocenters. The summed E-state index contributed by atoms with van der Waals surface area (Å²) in [5.74, 6) is -0.338. The molecule has 1 aromatic rings. The molecule has 80 valence electrons. The third kappa shape index (κ3) is 1.75. The quantitative estimate of drug-likeness (QED) is 0.751. The van der Waals surface area contributed by atoms with Crippen molar-refractivity contribution in [3.8, 4) is 0 Å². The molecule has 2 rings (SSSR count). The van der Waals surface area contributed by atoms with Crippen LogP contribution < -0.4 is 0 Å². The second-order valence-corrected chi connectivity index (χ2v) is 3.65. The zero-order valence-electron chi connectivity index (χ0n) is 8.69. The van der Waals surface area contributed by atoms with E-state index in [2.05, 4.69) is 0 Å². The lowest BCUT2D eigenvalue weighted by Crippen LogP contribution is -2.09. The molecule has 3 nitrogen and oxygen atoms in total. The molecule has 1 N–H and O–H groups in total. The maximum Gasteiger partial charge on any atom is 0.338 e. The fourth-order valence-electron chi connectivity index (χ4n) is 2.05. The second-order valence-electron chi connectivity index (χ2n) is 3.65. The number of rotatable bonds is 2. The van der Waals surface area contributed by atoms with Crippen molar-refractivity contribution in [3.63, 3.8) is 0 Å². The fraction of sp³-hybridized carbons (Fsp3) is 0.417. The van der Waals surface area contributed by atoms with E-state index >= 15 is 0 Å². The number of hydrogen-bond donors (Lipinski definition) is 1. The molecule has 3 heteroatoms. The third-order valence-corrected chi connectivity index (χ3v) is 2.71. The van der Waals surface area contributed by atoms with Gasteiger partial charge in [0.05, 0.1) is 18.3 Å². The van der Waals surface area contributed by atoms with Crippen molar-refractivity contribution in [2.75, 3.05) is 6.61 Å². The van der Waals surface area contributed by atoms with E-state index in [1.54, 1.807) is 13.0 Å². The summed E-state index contributed by atoms with van der Waals surface area (Å²) in [6, 6.07) is 5.50. The summed E-state index contributed by atoms with van der Waals surface area (Å²) >= 11 is 0. The number of aryl methyl sites for hydroxylation is 1. The Labute approximate surface area is 88.7 Å². The van der Waals surface area contributed by atoms with Gasteiger partial charge in [-0.15, -0.1) is 0 Å². The summed E-state index contributed by atoms with van der Waals surface area (Å²) in [4.78, 5) is 11.6. The van der Waals surface area contributed by atoms with E-state index in [-0.39, 0.29) is 5.97 Å². The Balaban J connectivity index is 2.40. The van der Waals surface area contributed by atoms with Crippen LogP contribution in [0.4, 0.5) is 0 Å². The van der Waals surface area contributed by atoms with Crippen molar-refractivity contribution in [1.82, 2.24) is 0 Å². The predicted octanol–water partition coefficient (Wildman–Crippen LogP) is 1.84. The van der Waals surface area contributed by atoms with Crippen LogP contribution in [0.1, 0.15) is 40.9 Å². The van der Waals surface area contributed by atoms with Gasteiger partial charge in [-0.1, -0.05) is 12.1 Å². The van der Waals surface area contributed by atoms with Gasteiger partial charge in [0.25, 0.3) is 0 Å². The molecular formula is C12H14O3. The Hall–Kier alpha value is -1.35. The maximum atomic E-state index is 11.6. The number of ether oxygens (including phenoxy) is 1. The number of aliphatic hydroxyl groups excluding tert-OH is 1. The van der Waals surface area contributed by atoms with Crippen LogP contribution >= 0.6 is 0 Å². The van der Waals surface area contributed by atoms with Gasteiger partial charge in [-0.05, 0) is 37.0 Å². The summed E-state index contributed by atoms with van der Waals surface area (Å²) < 4.78 is 4.95. The van der Waals surface area contributed by atoms with Crippen LogP contribution in [0.15, 0.2) is 18.2 Å². The number of hydrogen-bond acceptors (Lipinski definition) is 3. The van der Waals surface area contributed by atoms with Crippen molar-refractivity contribution < 1.29 is 14.6 Å². The van der Waals surface area contributed by atoms with Gasteiger partial charge >= 0.3 is 5.97 Å². The molecule has 0 aliphatic heterocycles. The highest BCUT2D eigenvalue weighted by atomic mass is 16.5.